The first kappa shape index (κ1) is 13.5. The van der Waals surface area contributed by atoms with Gasteiger partial charge in [0.1, 0.15) is 10.8 Å². The van der Waals surface area contributed by atoms with Crippen molar-refractivity contribution >= 4 is 22.9 Å². The van der Waals surface area contributed by atoms with E-state index in [0.29, 0.717) is 6.54 Å². The molecule has 1 heterocycles. The van der Waals surface area contributed by atoms with Gasteiger partial charge < -0.3 is 5.32 Å². The van der Waals surface area contributed by atoms with Crippen LogP contribution in [0.25, 0.3) is 0 Å². The largest absolute Gasteiger partial charge is 0.304 e. The monoisotopic (exact) mass is 284 g/mol. The van der Waals surface area contributed by atoms with E-state index >= 15 is 0 Å². The van der Waals surface area contributed by atoms with Crippen LogP contribution < -0.4 is 5.32 Å². The Hall–Kier alpha value is -0.970. The minimum atomic E-state index is -0.386. The van der Waals surface area contributed by atoms with Crippen LogP contribution >= 0.6 is 22.9 Å². The zero-order chi connectivity index (χ0) is 13.1. The van der Waals surface area contributed by atoms with Gasteiger partial charge in [0.15, 0.2) is 0 Å². The van der Waals surface area contributed by atoms with Crippen LogP contribution in [0.1, 0.15) is 29.2 Å². The standard InChI is InChI=1S/C13H14ClFN2S/c1-8-7-18-13(17-8)6-16-9(2)10-3-4-12(15)11(14)5-10/h3-5,7,9,16H,6H2,1-2H3. The molecule has 96 valence electrons. The zero-order valence-corrected chi connectivity index (χ0v) is 11.8. The molecule has 5 heteroatoms. The summed E-state index contributed by atoms with van der Waals surface area (Å²) in [6.07, 6.45) is 0. The summed E-state index contributed by atoms with van der Waals surface area (Å²) in [6.45, 7) is 4.70. The summed E-state index contributed by atoms with van der Waals surface area (Å²) in [5, 5.41) is 6.57. The molecule has 0 spiro atoms. The van der Waals surface area contributed by atoms with Crippen molar-refractivity contribution in [3.05, 3.63) is 50.7 Å². The first-order valence-electron chi connectivity index (χ1n) is 5.65. The molecule has 0 fully saturated rings. The maximum atomic E-state index is 13.1. The van der Waals surface area contributed by atoms with Gasteiger partial charge in [-0.25, -0.2) is 9.37 Å². The Morgan fingerprint density at radius 1 is 1.50 bits per heavy atom. The summed E-state index contributed by atoms with van der Waals surface area (Å²) in [5.41, 5.74) is 2.00. The molecule has 0 saturated carbocycles. The van der Waals surface area contributed by atoms with Gasteiger partial charge in [0.2, 0.25) is 0 Å². The van der Waals surface area contributed by atoms with Gasteiger partial charge in [0.25, 0.3) is 0 Å². The minimum Gasteiger partial charge on any atom is -0.304 e. The molecular weight excluding hydrogens is 271 g/mol. The molecule has 1 aromatic carbocycles. The van der Waals surface area contributed by atoms with Gasteiger partial charge in [-0.2, -0.15) is 0 Å². The molecular formula is C13H14ClFN2S. The molecule has 0 aliphatic heterocycles. The fraction of sp³-hybridized carbons (Fsp3) is 0.308. The van der Waals surface area contributed by atoms with E-state index in [1.54, 1.807) is 23.5 Å². The number of halogens is 2. The molecule has 18 heavy (non-hydrogen) atoms. The van der Waals surface area contributed by atoms with E-state index in [2.05, 4.69) is 10.3 Å². The van der Waals surface area contributed by atoms with Crippen LogP contribution in [0.15, 0.2) is 23.6 Å². The number of nitrogens with one attached hydrogen (secondary N) is 1. The molecule has 0 saturated heterocycles. The summed E-state index contributed by atoms with van der Waals surface area (Å²) in [6, 6.07) is 4.89. The van der Waals surface area contributed by atoms with Crippen molar-refractivity contribution < 1.29 is 4.39 Å². The van der Waals surface area contributed by atoms with Gasteiger partial charge in [-0.15, -0.1) is 11.3 Å². The maximum absolute atomic E-state index is 13.1. The third-order valence-electron chi connectivity index (χ3n) is 2.67. The Bertz CT molecular complexity index is 542. The molecule has 1 N–H and O–H groups in total. The Morgan fingerprint density at radius 2 is 2.28 bits per heavy atom. The smallest absolute Gasteiger partial charge is 0.141 e. The molecule has 2 nitrogen and oxygen atoms in total. The first-order chi connectivity index (χ1) is 8.56. The summed E-state index contributed by atoms with van der Waals surface area (Å²) in [4.78, 5) is 4.38. The van der Waals surface area contributed by atoms with Gasteiger partial charge >= 0.3 is 0 Å². The van der Waals surface area contributed by atoms with Crippen LogP contribution in [0, 0.1) is 12.7 Å². The van der Waals surface area contributed by atoms with Crippen LogP contribution in [-0.2, 0) is 6.54 Å². The first-order valence-corrected chi connectivity index (χ1v) is 6.91. The van der Waals surface area contributed by atoms with E-state index in [4.69, 9.17) is 11.6 Å². The number of hydrogen-bond acceptors (Lipinski definition) is 3. The Balaban J connectivity index is 1.99. The predicted molar refractivity (Wildman–Crippen MR) is 73.5 cm³/mol. The highest BCUT2D eigenvalue weighted by molar-refractivity contribution is 7.09. The molecule has 0 bridgehead atoms. The fourth-order valence-corrected chi connectivity index (χ4v) is 2.54. The molecule has 2 rings (SSSR count). The van der Waals surface area contributed by atoms with E-state index in [1.807, 2.05) is 19.2 Å². The fourth-order valence-electron chi connectivity index (χ4n) is 1.62. The lowest BCUT2D eigenvalue weighted by molar-refractivity contribution is 0.569. The van der Waals surface area contributed by atoms with E-state index in [9.17, 15) is 4.39 Å². The van der Waals surface area contributed by atoms with Crippen LogP contribution in [0.5, 0.6) is 0 Å². The number of benzene rings is 1. The number of nitrogens with zero attached hydrogens (tertiary/aromatic N) is 1. The van der Waals surface area contributed by atoms with Gasteiger partial charge in [0.05, 0.1) is 5.02 Å². The summed E-state index contributed by atoms with van der Waals surface area (Å²) >= 11 is 7.40. The highest BCUT2D eigenvalue weighted by Crippen LogP contribution is 2.21. The average molecular weight is 285 g/mol. The quantitative estimate of drug-likeness (QED) is 0.914. The normalized spacial score (nSPS) is 12.7. The van der Waals surface area contributed by atoms with Gasteiger partial charge in [0, 0.05) is 23.7 Å². The number of aromatic nitrogens is 1. The maximum Gasteiger partial charge on any atom is 0.141 e. The highest BCUT2D eigenvalue weighted by Gasteiger charge is 2.08. The lowest BCUT2D eigenvalue weighted by Crippen LogP contribution is -2.18. The second kappa shape index (κ2) is 5.78. The lowest BCUT2D eigenvalue weighted by atomic mass is 10.1. The summed E-state index contributed by atoms with van der Waals surface area (Å²) in [7, 11) is 0. The second-order valence-electron chi connectivity index (χ2n) is 4.16. The number of thiazole rings is 1. The van der Waals surface area contributed by atoms with Crippen molar-refractivity contribution in [2.75, 3.05) is 0 Å². The van der Waals surface area contributed by atoms with Crippen molar-refractivity contribution in [1.29, 1.82) is 0 Å². The minimum absolute atomic E-state index is 0.104. The van der Waals surface area contributed by atoms with Crippen LogP contribution in [-0.4, -0.2) is 4.98 Å². The molecule has 1 unspecified atom stereocenters. The van der Waals surface area contributed by atoms with E-state index in [-0.39, 0.29) is 16.9 Å². The Morgan fingerprint density at radius 3 is 2.89 bits per heavy atom. The molecule has 0 aliphatic carbocycles. The number of hydrogen-bond donors (Lipinski definition) is 1. The Labute approximate surface area is 115 Å². The second-order valence-corrected chi connectivity index (χ2v) is 5.51. The molecule has 2 aromatic rings. The van der Waals surface area contributed by atoms with E-state index in [0.717, 1.165) is 16.3 Å². The predicted octanol–water partition coefficient (Wildman–Crippen LogP) is 4.09. The molecule has 1 aromatic heterocycles. The van der Waals surface area contributed by atoms with Gasteiger partial charge in [-0.1, -0.05) is 17.7 Å². The van der Waals surface area contributed by atoms with Crippen molar-refractivity contribution in [2.45, 2.75) is 26.4 Å². The number of aryl methyl sites for hydroxylation is 1. The molecule has 0 radical (unpaired) electrons. The van der Waals surface area contributed by atoms with Crippen molar-refractivity contribution in [3.8, 4) is 0 Å². The van der Waals surface area contributed by atoms with Crippen molar-refractivity contribution in [3.63, 3.8) is 0 Å². The summed E-state index contributed by atoms with van der Waals surface area (Å²) in [5.74, 6) is -0.386. The topological polar surface area (TPSA) is 24.9 Å². The number of rotatable bonds is 4. The van der Waals surface area contributed by atoms with E-state index in [1.165, 1.54) is 6.07 Å². The van der Waals surface area contributed by atoms with Crippen LogP contribution in [0.4, 0.5) is 4.39 Å². The van der Waals surface area contributed by atoms with Crippen molar-refractivity contribution in [1.82, 2.24) is 10.3 Å². The highest BCUT2D eigenvalue weighted by atomic mass is 35.5. The summed E-state index contributed by atoms with van der Waals surface area (Å²) < 4.78 is 13.1. The molecule has 0 aliphatic rings. The van der Waals surface area contributed by atoms with E-state index < -0.39 is 0 Å². The third-order valence-corrected chi connectivity index (χ3v) is 3.93. The van der Waals surface area contributed by atoms with Crippen molar-refractivity contribution in [2.24, 2.45) is 0 Å². The van der Waals surface area contributed by atoms with Crippen LogP contribution in [0.3, 0.4) is 0 Å². The van der Waals surface area contributed by atoms with Gasteiger partial charge in [-0.3, -0.25) is 0 Å². The lowest BCUT2D eigenvalue weighted by Gasteiger charge is -2.13. The average Bonchev–Trinajstić information content (AvgIpc) is 2.75. The SMILES string of the molecule is Cc1csc(CNC(C)c2ccc(F)c(Cl)c2)n1. The zero-order valence-electron chi connectivity index (χ0n) is 10.2. The van der Waals surface area contributed by atoms with Gasteiger partial charge in [-0.05, 0) is 31.5 Å². The van der Waals surface area contributed by atoms with Crippen LogP contribution in [0.2, 0.25) is 5.02 Å². The third kappa shape index (κ3) is 3.28. The molecule has 1 atom stereocenters. The molecule has 0 amide bonds. The Kier molecular flexibility index (Phi) is 4.32.